The Kier molecular flexibility index (Phi) is 7.96. The summed E-state index contributed by atoms with van der Waals surface area (Å²) >= 11 is 0. The molecule has 3 rings (SSSR count). The van der Waals surface area contributed by atoms with Crippen molar-refractivity contribution in [2.45, 2.75) is 51.9 Å². The van der Waals surface area contributed by atoms with Crippen molar-refractivity contribution in [1.82, 2.24) is 15.1 Å². The molecule has 174 valence electrons. The van der Waals surface area contributed by atoms with E-state index in [9.17, 15) is 8.42 Å². The molecule has 0 bridgehead atoms. The molecule has 7 heteroatoms. The van der Waals surface area contributed by atoms with Gasteiger partial charge in [0, 0.05) is 13.6 Å². The maximum Gasteiger partial charge on any atom is 0.262 e. The molecule has 32 heavy (non-hydrogen) atoms. The fourth-order valence-corrected chi connectivity index (χ4v) is 5.05. The molecule has 0 saturated carbocycles. The first-order valence-corrected chi connectivity index (χ1v) is 12.9. The van der Waals surface area contributed by atoms with Crippen molar-refractivity contribution < 1.29 is 8.42 Å². The summed E-state index contributed by atoms with van der Waals surface area (Å²) < 4.78 is 30.7. The Balaban J connectivity index is 1.78. The van der Waals surface area contributed by atoms with Gasteiger partial charge in [-0.3, -0.25) is 9.40 Å². The topological polar surface area (TPSA) is 76.0 Å². The monoisotopic (exact) mass is 456 g/mol. The highest BCUT2D eigenvalue weighted by atomic mass is 32.2. The molecule has 0 aliphatic heterocycles. The SMILES string of the molecule is CCCNCC1C=C(c2ccc(S(=O)(=O)Nc3c(CC(C)C)nn(C)c3C)cc2)C=CC1. The second-order valence-corrected chi connectivity index (χ2v) is 10.7. The number of nitrogens with zero attached hydrogens (tertiary/aromatic N) is 2. The number of allylic oxidation sites excluding steroid dienone is 3. The number of aromatic nitrogens is 2. The van der Waals surface area contributed by atoms with Gasteiger partial charge in [0.2, 0.25) is 0 Å². The van der Waals surface area contributed by atoms with Crippen LogP contribution in [0.4, 0.5) is 5.69 Å². The van der Waals surface area contributed by atoms with E-state index >= 15 is 0 Å². The van der Waals surface area contributed by atoms with Gasteiger partial charge in [-0.15, -0.1) is 0 Å². The third kappa shape index (κ3) is 5.90. The summed E-state index contributed by atoms with van der Waals surface area (Å²) in [4.78, 5) is 0.251. The van der Waals surface area contributed by atoms with Crippen molar-refractivity contribution in [3.8, 4) is 0 Å². The van der Waals surface area contributed by atoms with Crippen LogP contribution in [0.15, 0.2) is 47.4 Å². The molecule has 1 aromatic heterocycles. The molecule has 2 N–H and O–H groups in total. The molecule has 6 nitrogen and oxygen atoms in total. The molecular weight excluding hydrogens is 420 g/mol. The van der Waals surface area contributed by atoms with Crippen molar-refractivity contribution >= 4 is 21.3 Å². The summed E-state index contributed by atoms with van der Waals surface area (Å²) in [6, 6.07) is 7.13. The minimum atomic E-state index is -3.70. The molecule has 0 radical (unpaired) electrons. The van der Waals surface area contributed by atoms with Crippen LogP contribution >= 0.6 is 0 Å². The van der Waals surface area contributed by atoms with Crippen LogP contribution in [-0.2, 0) is 23.5 Å². The number of aryl methyl sites for hydroxylation is 1. The van der Waals surface area contributed by atoms with Gasteiger partial charge in [0.15, 0.2) is 0 Å². The number of rotatable bonds is 10. The van der Waals surface area contributed by atoms with Crippen LogP contribution in [0.25, 0.3) is 5.57 Å². The van der Waals surface area contributed by atoms with Crippen LogP contribution in [0.1, 0.15) is 50.6 Å². The molecule has 0 amide bonds. The lowest BCUT2D eigenvalue weighted by molar-refractivity contribution is 0.558. The Morgan fingerprint density at radius 2 is 1.94 bits per heavy atom. The number of sulfonamides is 1. The van der Waals surface area contributed by atoms with Crippen molar-refractivity contribution in [2.24, 2.45) is 18.9 Å². The van der Waals surface area contributed by atoms with Gasteiger partial charge in [-0.1, -0.05) is 51.1 Å². The molecule has 0 fully saturated rings. The van der Waals surface area contributed by atoms with Crippen LogP contribution < -0.4 is 10.0 Å². The van der Waals surface area contributed by atoms with Crippen LogP contribution in [0.3, 0.4) is 0 Å². The standard InChI is InChI=1S/C25H36N4O2S/c1-6-14-26-17-20-8-7-9-22(16-20)21-10-12-23(13-11-21)32(30,31)28-25-19(4)29(5)27-24(25)15-18(2)3/h7,9-13,16,18,20,26,28H,6,8,14-15,17H2,1-5H3. The quantitative estimate of drug-likeness (QED) is 0.509. The number of anilines is 1. The van der Waals surface area contributed by atoms with Crippen LogP contribution in [0.5, 0.6) is 0 Å². The van der Waals surface area contributed by atoms with E-state index < -0.39 is 10.0 Å². The fraction of sp³-hybridized carbons (Fsp3) is 0.480. The van der Waals surface area contributed by atoms with Crippen LogP contribution in [0, 0.1) is 18.8 Å². The maximum atomic E-state index is 13.1. The van der Waals surface area contributed by atoms with E-state index in [2.05, 4.69) is 54.1 Å². The Labute approximate surface area is 192 Å². The number of hydrogen-bond donors (Lipinski definition) is 2. The molecule has 1 aromatic carbocycles. The zero-order valence-electron chi connectivity index (χ0n) is 19.9. The van der Waals surface area contributed by atoms with Crippen molar-refractivity contribution in [2.75, 3.05) is 17.8 Å². The van der Waals surface area contributed by atoms with E-state index in [0.717, 1.165) is 48.5 Å². The third-order valence-electron chi connectivity index (χ3n) is 5.73. The normalized spacial score (nSPS) is 16.4. The Morgan fingerprint density at radius 3 is 2.59 bits per heavy atom. The highest BCUT2D eigenvalue weighted by molar-refractivity contribution is 7.92. The Morgan fingerprint density at radius 1 is 1.22 bits per heavy atom. The molecule has 2 aromatic rings. The van der Waals surface area contributed by atoms with Gasteiger partial charge in [0.1, 0.15) is 0 Å². The largest absolute Gasteiger partial charge is 0.316 e. The minimum Gasteiger partial charge on any atom is -0.316 e. The lowest BCUT2D eigenvalue weighted by Gasteiger charge is -2.18. The van der Waals surface area contributed by atoms with Crippen molar-refractivity contribution in [3.05, 3.63) is 59.4 Å². The lowest BCUT2D eigenvalue weighted by atomic mass is 9.92. The average Bonchev–Trinajstić information content (AvgIpc) is 3.01. The summed E-state index contributed by atoms with van der Waals surface area (Å²) in [5.74, 6) is 0.837. The molecule has 1 aliphatic carbocycles. The predicted molar refractivity (Wildman–Crippen MR) is 132 cm³/mol. The molecule has 0 saturated heterocycles. The van der Waals surface area contributed by atoms with E-state index in [1.165, 1.54) is 0 Å². The summed E-state index contributed by atoms with van der Waals surface area (Å²) in [5.41, 5.74) is 4.34. The minimum absolute atomic E-state index is 0.251. The predicted octanol–water partition coefficient (Wildman–Crippen LogP) is 4.69. The third-order valence-corrected chi connectivity index (χ3v) is 7.09. The first kappa shape index (κ1) is 24.3. The Bertz CT molecular complexity index is 1080. The van der Waals surface area contributed by atoms with Gasteiger partial charge >= 0.3 is 0 Å². The lowest BCUT2D eigenvalue weighted by Crippen LogP contribution is -2.23. The maximum absolute atomic E-state index is 13.1. The summed E-state index contributed by atoms with van der Waals surface area (Å²) in [6.45, 7) is 10.2. The number of benzene rings is 1. The number of nitrogens with one attached hydrogen (secondary N) is 2. The summed E-state index contributed by atoms with van der Waals surface area (Å²) in [5, 5.41) is 7.99. The smallest absolute Gasteiger partial charge is 0.262 e. The van der Waals surface area contributed by atoms with E-state index in [1.807, 2.05) is 26.1 Å². The van der Waals surface area contributed by atoms with Gasteiger partial charge in [0.25, 0.3) is 10.0 Å². The van der Waals surface area contributed by atoms with Gasteiger partial charge in [-0.05, 0) is 67.8 Å². The first-order valence-electron chi connectivity index (χ1n) is 11.5. The molecule has 1 aliphatic rings. The first-order chi connectivity index (χ1) is 15.2. The molecular formula is C25H36N4O2S. The van der Waals surface area contributed by atoms with Crippen LogP contribution in [-0.4, -0.2) is 31.3 Å². The van der Waals surface area contributed by atoms with Gasteiger partial charge in [-0.2, -0.15) is 5.10 Å². The number of hydrogen-bond acceptors (Lipinski definition) is 4. The molecule has 1 unspecified atom stereocenters. The molecule has 1 heterocycles. The van der Waals surface area contributed by atoms with Gasteiger partial charge in [0.05, 0.1) is 22.0 Å². The van der Waals surface area contributed by atoms with E-state index in [4.69, 9.17) is 0 Å². The zero-order chi connectivity index (χ0) is 23.3. The van der Waals surface area contributed by atoms with E-state index in [-0.39, 0.29) is 4.90 Å². The highest BCUT2D eigenvalue weighted by Crippen LogP contribution is 2.28. The van der Waals surface area contributed by atoms with E-state index in [1.54, 1.807) is 16.8 Å². The average molecular weight is 457 g/mol. The van der Waals surface area contributed by atoms with Crippen molar-refractivity contribution in [3.63, 3.8) is 0 Å². The molecule has 1 atom stereocenters. The van der Waals surface area contributed by atoms with Crippen molar-refractivity contribution in [1.29, 1.82) is 0 Å². The summed E-state index contributed by atoms with van der Waals surface area (Å²) in [6.07, 6.45) is 9.46. The van der Waals surface area contributed by atoms with E-state index in [0.29, 0.717) is 23.9 Å². The van der Waals surface area contributed by atoms with Gasteiger partial charge < -0.3 is 5.32 Å². The fourth-order valence-electron chi connectivity index (χ4n) is 3.91. The Hall–Kier alpha value is -2.38. The second-order valence-electron chi connectivity index (χ2n) is 8.98. The zero-order valence-corrected chi connectivity index (χ0v) is 20.7. The van der Waals surface area contributed by atoms with Crippen LogP contribution in [0.2, 0.25) is 0 Å². The van der Waals surface area contributed by atoms with Gasteiger partial charge in [-0.25, -0.2) is 8.42 Å². The molecule has 0 spiro atoms. The summed E-state index contributed by atoms with van der Waals surface area (Å²) in [7, 11) is -1.87. The second kappa shape index (κ2) is 10.5. The highest BCUT2D eigenvalue weighted by Gasteiger charge is 2.21.